The van der Waals surface area contributed by atoms with E-state index in [4.69, 9.17) is 14.3 Å². The summed E-state index contributed by atoms with van der Waals surface area (Å²) in [4.78, 5) is 29.5. The maximum Gasteiger partial charge on any atom is 0.412 e. The van der Waals surface area contributed by atoms with Gasteiger partial charge in [0, 0.05) is 6.07 Å². The van der Waals surface area contributed by atoms with Crippen molar-refractivity contribution in [2.24, 2.45) is 11.1 Å². The molecule has 2 aliphatic rings. The van der Waals surface area contributed by atoms with E-state index in [1.165, 1.54) is 0 Å². The van der Waals surface area contributed by atoms with Crippen molar-refractivity contribution >= 4 is 23.5 Å². The van der Waals surface area contributed by atoms with Crippen LogP contribution in [0.2, 0.25) is 0 Å². The van der Waals surface area contributed by atoms with Crippen molar-refractivity contribution < 1.29 is 32.7 Å². The molecule has 1 aromatic rings. The van der Waals surface area contributed by atoms with Gasteiger partial charge in [-0.05, 0) is 96.6 Å². The summed E-state index contributed by atoms with van der Waals surface area (Å²) in [5, 5.41) is 6.60. The molecular weight excluding hydrogens is 458 g/mol. The average Bonchev–Trinajstić information content (AvgIpc) is 2.79. The third-order valence-corrected chi connectivity index (χ3v) is 6.35. The Morgan fingerprint density at radius 1 is 1.03 bits per heavy atom. The highest BCUT2D eigenvalue weighted by atomic mass is 19.1. The molecule has 0 heterocycles. The van der Waals surface area contributed by atoms with Gasteiger partial charge in [-0.25, -0.2) is 13.6 Å². The molecule has 1 N–H and O–H groups in total. The van der Waals surface area contributed by atoms with Gasteiger partial charge < -0.3 is 14.3 Å². The van der Waals surface area contributed by atoms with Gasteiger partial charge in [0.05, 0.1) is 23.9 Å². The Bertz CT molecular complexity index is 926. The van der Waals surface area contributed by atoms with Crippen LogP contribution in [0.5, 0.6) is 0 Å². The molecule has 2 saturated carbocycles. The average molecular weight is 495 g/mol. The van der Waals surface area contributed by atoms with Crippen LogP contribution in [0, 0.1) is 17.6 Å². The fourth-order valence-corrected chi connectivity index (χ4v) is 4.55. The second-order valence-corrected chi connectivity index (χ2v) is 10.2. The van der Waals surface area contributed by atoms with Crippen molar-refractivity contribution in [1.29, 1.82) is 0 Å². The number of halogens is 2. The van der Waals surface area contributed by atoms with E-state index in [-0.39, 0.29) is 29.6 Å². The largest absolute Gasteiger partial charge is 0.466 e. The standard InChI is InChI=1S/C26H36F2N2O5/c1-5-33-24(31)17-8-12-19(13-9-17)35-30-18-10-6-16(7-11-18)20-14-22(28)23(15-21(20)27)29-25(32)34-26(2,3)4/h14-17,19H,5-13H2,1-4H3,(H,29,32). The topological polar surface area (TPSA) is 86.2 Å². The van der Waals surface area contributed by atoms with E-state index >= 15 is 0 Å². The van der Waals surface area contributed by atoms with Crippen molar-refractivity contribution in [3.8, 4) is 0 Å². The van der Waals surface area contributed by atoms with Gasteiger partial charge in [0.2, 0.25) is 0 Å². The van der Waals surface area contributed by atoms with Crippen LogP contribution in [0.3, 0.4) is 0 Å². The number of esters is 1. The molecule has 0 atom stereocenters. The number of carbonyl (C=O) groups excluding carboxylic acids is 2. The minimum Gasteiger partial charge on any atom is -0.466 e. The molecule has 194 valence electrons. The number of nitrogens with one attached hydrogen (secondary N) is 1. The van der Waals surface area contributed by atoms with Crippen LogP contribution < -0.4 is 5.32 Å². The van der Waals surface area contributed by atoms with Gasteiger partial charge in [0.25, 0.3) is 0 Å². The minimum atomic E-state index is -0.837. The highest BCUT2D eigenvalue weighted by Gasteiger charge is 2.29. The summed E-state index contributed by atoms with van der Waals surface area (Å²) in [7, 11) is 0. The smallest absolute Gasteiger partial charge is 0.412 e. The summed E-state index contributed by atoms with van der Waals surface area (Å²) in [6.07, 6.45) is 4.69. The zero-order chi connectivity index (χ0) is 25.6. The van der Waals surface area contributed by atoms with Gasteiger partial charge in [-0.3, -0.25) is 10.1 Å². The summed E-state index contributed by atoms with van der Waals surface area (Å²) in [6, 6.07) is 2.17. The summed E-state index contributed by atoms with van der Waals surface area (Å²) in [6.45, 7) is 7.27. The maximum atomic E-state index is 14.8. The molecule has 0 spiro atoms. The Hall–Kier alpha value is -2.71. The highest BCUT2D eigenvalue weighted by Crippen LogP contribution is 2.35. The van der Waals surface area contributed by atoms with E-state index in [0.29, 0.717) is 37.9 Å². The lowest BCUT2D eigenvalue weighted by Crippen LogP contribution is -2.27. The van der Waals surface area contributed by atoms with E-state index in [2.05, 4.69) is 10.5 Å². The van der Waals surface area contributed by atoms with Crippen LogP contribution in [0.4, 0.5) is 19.3 Å². The Balaban J connectivity index is 1.49. The lowest BCUT2D eigenvalue weighted by atomic mass is 9.83. The molecule has 2 aliphatic carbocycles. The van der Waals surface area contributed by atoms with E-state index < -0.39 is 23.3 Å². The number of anilines is 1. The predicted molar refractivity (Wildman–Crippen MR) is 128 cm³/mol. The van der Waals surface area contributed by atoms with Crippen molar-refractivity contribution in [2.45, 2.75) is 96.7 Å². The van der Waals surface area contributed by atoms with Crippen molar-refractivity contribution in [1.82, 2.24) is 0 Å². The maximum absolute atomic E-state index is 14.8. The summed E-state index contributed by atoms with van der Waals surface area (Å²) in [5.74, 6) is -1.59. The van der Waals surface area contributed by atoms with Crippen LogP contribution in [0.1, 0.15) is 90.5 Å². The number of ether oxygens (including phenoxy) is 2. The number of hydrogen-bond donors (Lipinski definition) is 1. The molecule has 1 aromatic carbocycles. The number of rotatable bonds is 6. The monoisotopic (exact) mass is 494 g/mol. The molecule has 35 heavy (non-hydrogen) atoms. The quantitative estimate of drug-likeness (QED) is 0.362. The van der Waals surface area contributed by atoms with E-state index in [1.807, 2.05) is 0 Å². The number of hydrogen-bond acceptors (Lipinski definition) is 6. The lowest BCUT2D eigenvalue weighted by Gasteiger charge is -2.27. The first-order chi connectivity index (χ1) is 16.6. The first-order valence-electron chi connectivity index (χ1n) is 12.4. The SMILES string of the molecule is CCOC(=O)C1CCC(ON=C2CCC(c3cc(F)c(NC(=O)OC(C)(C)C)cc3F)CC2)CC1. The van der Waals surface area contributed by atoms with Crippen LogP contribution in [-0.2, 0) is 19.1 Å². The number of carbonyl (C=O) groups is 2. The number of nitrogens with zero attached hydrogens (tertiary/aromatic N) is 1. The zero-order valence-electron chi connectivity index (χ0n) is 21.0. The molecule has 0 aliphatic heterocycles. The summed E-state index contributed by atoms with van der Waals surface area (Å²) < 4.78 is 39.6. The van der Waals surface area contributed by atoms with Gasteiger partial charge in [-0.1, -0.05) is 5.16 Å². The van der Waals surface area contributed by atoms with Crippen LogP contribution in [0.25, 0.3) is 0 Å². The molecule has 0 bridgehead atoms. The third-order valence-electron chi connectivity index (χ3n) is 6.35. The van der Waals surface area contributed by atoms with Gasteiger partial charge in [0.1, 0.15) is 23.3 Å². The zero-order valence-corrected chi connectivity index (χ0v) is 21.0. The molecule has 0 radical (unpaired) electrons. The normalized spacial score (nSPS) is 22.8. The Morgan fingerprint density at radius 2 is 1.69 bits per heavy atom. The van der Waals surface area contributed by atoms with Crippen molar-refractivity contribution in [3.05, 3.63) is 29.3 Å². The molecule has 1 amide bonds. The highest BCUT2D eigenvalue weighted by molar-refractivity contribution is 5.85. The number of benzene rings is 1. The van der Waals surface area contributed by atoms with E-state index in [1.54, 1.807) is 27.7 Å². The van der Waals surface area contributed by atoms with E-state index in [0.717, 1.165) is 43.5 Å². The molecule has 0 saturated heterocycles. The third kappa shape index (κ3) is 7.90. The Kier molecular flexibility index (Phi) is 9.08. The molecule has 9 heteroatoms. The number of oxime groups is 1. The second-order valence-electron chi connectivity index (χ2n) is 10.2. The van der Waals surface area contributed by atoms with Crippen LogP contribution >= 0.6 is 0 Å². The minimum absolute atomic E-state index is 0.0116. The van der Waals surface area contributed by atoms with Crippen LogP contribution in [-0.4, -0.2) is 36.1 Å². The predicted octanol–water partition coefficient (Wildman–Crippen LogP) is 6.46. The first-order valence-corrected chi connectivity index (χ1v) is 12.4. The van der Waals surface area contributed by atoms with Crippen molar-refractivity contribution in [3.63, 3.8) is 0 Å². The van der Waals surface area contributed by atoms with Crippen LogP contribution in [0.15, 0.2) is 17.3 Å². The summed E-state index contributed by atoms with van der Waals surface area (Å²) in [5.41, 5.74) is 0.226. The van der Waals surface area contributed by atoms with Gasteiger partial charge in [-0.2, -0.15) is 0 Å². The second kappa shape index (κ2) is 11.8. The fourth-order valence-electron chi connectivity index (χ4n) is 4.55. The van der Waals surface area contributed by atoms with Gasteiger partial charge in [0.15, 0.2) is 0 Å². The van der Waals surface area contributed by atoms with E-state index in [9.17, 15) is 18.4 Å². The molecule has 7 nitrogen and oxygen atoms in total. The molecular formula is C26H36F2N2O5. The van der Waals surface area contributed by atoms with Gasteiger partial charge in [-0.15, -0.1) is 0 Å². The van der Waals surface area contributed by atoms with Crippen molar-refractivity contribution in [2.75, 3.05) is 11.9 Å². The Morgan fingerprint density at radius 3 is 2.29 bits per heavy atom. The first kappa shape index (κ1) is 26.9. The number of amides is 1. The summed E-state index contributed by atoms with van der Waals surface area (Å²) >= 11 is 0. The lowest BCUT2D eigenvalue weighted by molar-refractivity contribution is -0.150. The molecule has 0 unspecified atom stereocenters. The fraction of sp³-hybridized carbons (Fsp3) is 0.654. The molecule has 2 fully saturated rings. The molecule has 0 aromatic heterocycles. The van der Waals surface area contributed by atoms with Gasteiger partial charge >= 0.3 is 12.1 Å². The Labute approximate surface area is 205 Å². The molecule has 3 rings (SSSR count).